The summed E-state index contributed by atoms with van der Waals surface area (Å²) in [5.74, 6) is 0.0800. The number of hydrogen-bond acceptors (Lipinski definition) is 4. The molecule has 2 rings (SSSR count). The molecular weight excluding hydrogens is 326 g/mol. The predicted molar refractivity (Wildman–Crippen MR) is 79.2 cm³/mol. The van der Waals surface area contributed by atoms with Gasteiger partial charge in [0.1, 0.15) is 5.54 Å². The topological polar surface area (TPSA) is 47.3 Å². The summed E-state index contributed by atoms with van der Waals surface area (Å²) in [5, 5.41) is 11.0. The lowest BCUT2D eigenvalue weighted by atomic mass is 10.0. The van der Waals surface area contributed by atoms with Crippen molar-refractivity contribution in [1.82, 2.24) is 9.80 Å². The van der Waals surface area contributed by atoms with Crippen LogP contribution in [0.25, 0.3) is 0 Å². The summed E-state index contributed by atoms with van der Waals surface area (Å²) in [6, 6.07) is 4.17. The number of rotatable bonds is 2. The molecule has 1 amide bonds. The van der Waals surface area contributed by atoms with Crippen LogP contribution < -0.4 is 0 Å². The highest BCUT2D eigenvalue weighted by atomic mass is 79.9. The maximum absolute atomic E-state index is 12.3. The SMILES string of the molecule is CC(C)(C#N)N1CCN(C(=O)c2csc(Br)c2)CC1. The third kappa shape index (κ3) is 3.16. The van der Waals surface area contributed by atoms with Crippen LogP contribution in [0.3, 0.4) is 0 Å². The summed E-state index contributed by atoms with van der Waals surface area (Å²) in [6.07, 6.45) is 0. The first kappa shape index (κ1) is 14.5. The quantitative estimate of drug-likeness (QED) is 0.830. The van der Waals surface area contributed by atoms with E-state index < -0.39 is 5.54 Å². The Labute approximate surface area is 125 Å². The minimum absolute atomic E-state index is 0.0800. The van der Waals surface area contributed by atoms with Crippen LogP contribution in [-0.4, -0.2) is 47.4 Å². The molecule has 19 heavy (non-hydrogen) atoms. The Balaban J connectivity index is 1.97. The molecule has 0 atom stereocenters. The average molecular weight is 342 g/mol. The molecule has 0 spiro atoms. The number of piperazine rings is 1. The summed E-state index contributed by atoms with van der Waals surface area (Å²) in [6.45, 7) is 6.69. The molecule has 2 heterocycles. The highest BCUT2D eigenvalue weighted by molar-refractivity contribution is 9.11. The van der Waals surface area contributed by atoms with E-state index in [-0.39, 0.29) is 5.91 Å². The van der Waals surface area contributed by atoms with Gasteiger partial charge in [-0.25, -0.2) is 0 Å². The second-order valence-electron chi connectivity index (χ2n) is 5.09. The fraction of sp³-hybridized carbons (Fsp3) is 0.538. The fourth-order valence-corrected chi connectivity index (χ4v) is 3.27. The molecule has 4 nitrogen and oxygen atoms in total. The third-order valence-electron chi connectivity index (χ3n) is 3.45. The van der Waals surface area contributed by atoms with Gasteiger partial charge in [-0.2, -0.15) is 5.26 Å². The summed E-state index contributed by atoms with van der Waals surface area (Å²) < 4.78 is 0.972. The van der Waals surface area contributed by atoms with Gasteiger partial charge in [0, 0.05) is 31.6 Å². The number of halogens is 1. The Morgan fingerprint density at radius 2 is 2.05 bits per heavy atom. The molecule has 1 saturated heterocycles. The molecule has 0 aromatic carbocycles. The summed E-state index contributed by atoms with van der Waals surface area (Å²) >= 11 is 4.89. The van der Waals surface area contributed by atoms with Crippen LogP contribution in [0, 0.1) is 11.3 Å². The van der Waals surface area contributed by atoms with Crippen molar-refractivity contribution in [2.24, 2.45) is 0 Å². The normalized spacial score (nSPS) is 17.3. The van der Waals surface area contributed by atoms with Gasteiger partial charge in [-0.3, -0.25) is 9.69 Å². The first-order chi connectivity index (χ1) is 8.94. The van der Waals surface area contributed by atoms with Gasteiger partial charge < -0.3 is 4.90 Å². The lowest BCUT2D eigenvalue weighted by Gasteiger charge is -2.40. The first-order valence-corrected chi connectivity index (χ1v) is 7.81. The van der Waals surface area contributed by atoms with Crippen LogP contribution in [0.1, 0.15) is 24.2 Å². The van der Waals surface area contributed by atoms with E-state index in [9.17, 15) is 4.79 Å². The number of hydrogen-bond donors (Lipinski definition) is 0. The Bertz CT molecular complexity index is 512. The van der Waals surface area contributed by atoms with Crippen molar-refractivity contribution < 1.29 is 4.79 Å². The van der Waals surface area contributed by atoms with Gasteiger partial charge in [0.05, 0.1) is 15.4 Å². The monoisotopic (exact) mass is 341 g/mol. The number of carbonyl (C=O) groups excluding carboxylic acids is 1. The van der Waals surface area contributed by atoms with Gasteiger partial charge in [-0.1, -0.05) is 0 Å². The zero-order valence-electron chi connectivity index (χ0n) is 11.0. The van der Waals surface area contributed by atoms with Crippen molar-refractivity contribution in [3.63, 3.8) is 0 Å². The van der Waals surface area contributed by atoms with E-state index >= 15 is 0 Å². The van der Waals surface area contributed by atoms with Crippen molar-refractivity contribution >= 4 is 33.2 Å². The summed E-state index contributed by atoms with van der Waals surface area (Å²) in [7, 11) is 0. The zero-order chi connectivity index (χ0) is 14.0. The predicted octanol–water partition coefficient (Wildman–Crippen LogP) is 2.57. The van der Waals surface area contributed by atoms with E-state index in [1.165, 1.54) is 11.3 Å². The van der Waals surface area contributed by atoms with Crippen molar-refractivity contribution in [1.29, 1.82) is 5.26 Å². The molecule has 6 heteroatoms. The van der Waals surface area contributed by atoms with Crippen molar-refractivity contribution in [3.05, 3.63) is 20.8 Å². The fourth-order valence-electron chi connectivity index (χ4n) is 2.14. The molecule has 0 N–H and O–H groups in total. The largest absolute Gasteiger partial charge is 0.336 e. The van der Waals surface area contributed by atoms with E-state index in [0.29, 0.717) is 13.1 Å². The van der Waals surface area contributed by atoms with Gasteiger partial charge >= 0.3 is 0 Å². The van der Waals surface area contributed by atoms with Crippen LogP contribution in [0.5, 0.6) is 0 Å². The molecule has 0 unspecified atom stereocenters. The maximum atomic E-state index is 12.3. The Kier molecular flexibility index (Phi) is 4.29. The van der Waals surface area contributed by atoms with Crippen LogP contribution in [0.2, 0.25) is 0 Å². The second-order valence-corrected chi connectivity index (χ2v) is 7.38. The third-order valence-corrected chi connectivity index (χ3v) is 4.95. The molecule has 0 aliphatic carbocycles. The van der Waals surface area contributed by atoms with E-state index in [2.05, 4.69) is 26.9 Å². The van der Waals surface area contributed by atoms with Crippen LogP contribution >= 0.6 is 27.3 Å². The van der Waals surface area contributed by atoms with E-state index in [0.717, 1.165) is 22.4 Å². The molecule has 1 aromatic heterocycles. The van der Waals surface area contributed by atoms with Crippen molar-refractivity contribution in [2.75, 3.05) is 26.2 Å². The standard InChI is InChI=1S/C13H16BrN3OS/c1-13(2,9-15)17-5-3-16(4-6-17)12(18)10-7-11(14)19-8-10/h7-8H,3-6H2,1-2H3. The lowest BCUT2D eigenvalue weighted by molar-refractivity contribution is 0.0521. The van der Waals surface area contributed by atoms with Crippen LogP contribution in [0.4, 0.5) is 0 Å². The van der Waals surface area contributed by atoms with Gasteiger partial charge in [-0.15, -0.1) is 11.3 Å². The van der Waals surface area contributed by atoms with Crippen LogP contribution in [-0.2, 0) is 0 Å². The first-order valence-electron chi connectivity index (χ1n) is 6.13. The molecule has 0 saturated carbocycles. The smallest absolute Gasteiger partial charge is 0.254 e. The second kappa shape index (κ2) is 5.61. The van der Waals surface area contributed by atoms with Gasteiger partial charge in [0.2, 0.25) is 0 Å². The van der Waals surface area contributed by atoms with E-state index in [1.54, 1.807) is 0 Å². The minimum Gasteiger partial charge on any atom is -0.336 e. The summed E-state index contributed by atoms with van der Waals surface area (Å²) in [4.78, 5) is 16.3. The van der Waals surface area contributed by atoms with Gasteiger partial charge in [0.25, 0.3) is 5.91 Å². The molecule has 1 aliphatic heterocycles. The number of nitrogens with zero attached hydrogens (tertiary/aromatic N) is 3. The molecule has 1 fully saturated rings. The molecular formula is C13H16BrN3OS. The zero-order valence-corrected chi connectivity index (χ0v) is 13.4. The lowest BCUT2D eigenvalue weighted by Crippen LogP contribution is -2.55. The van der Waals surface area contributed by atoms with Crippen molar-refractivity contribution in [2.45, 2.75) is 19.4 Å². The summed E-state index contributed by atoms with van der Waals surface area (Å²) in [5.41, 5.74) is 0.283. The highest BCUT2D eigenvalue weighted by Gasteiger charge is 2.31. The molecule has 1 aromatic rings. The Morgan fingerprint density at radius 3 is 2.53 bits per heavy atom. The molecule has 0 bridgehead atoms. The number of thiophene rings is 1. The highest BCUT2D eigenvalue weighted by Crippen LogP contribution is 2.23. The Hall–Kier alpha value is -0.900. The average Bonchev–Trinajstić information content (AvgIpc) is 2.85. The van der Waals surface area contributed by atoms with Crippen LogP contribution in [0.15, 0.2) is 15.2 Å². The number of nitriles is 1. The molecule has 1 aliphatic rings. The van der Waals surface area contributed by atoms with Gasteiger partial charge in [0.15, 0.2) is 0 Å². The number of carbonyl (C=O) groups is 1. The van der Waals surface area contributed by atoms with E-state index in [4.69, 9.17) is 5.26 Å². The van der Waals surface area contributed by atoms with Crippen molar-refractivity contribution in [3.8, 4) is 6.07 Å². The minimum atomic E-state index is -0.458. The Morgan fingerprint density at radius 1 is 1.42 bits per heavy atom. The van der Waals surface area contributed by atoms with E-state index in [1.807, 2.05) is 30.2 Å². The van der Waals surface area contributed by atoms with Gasteiger partial charge in [-0.05, 0) is 35.8 Å². The molecule has 102 valence electrons. The molecule has 0 radical (unpaired) electrons. The number of amides is 1. The maximum Gasteiger partial charge on any atom is 0.254 e.